The second kappa shape index (κ2) is 4.08. The number of hydrogen-bond donors (Lipinski definition) is 0. The van der Waals surface area contributed by atoms with E-state index < -0.39 is 11.6 Å². The van der Waals surface area contributed by atoms with Crippen molar-refractivity contribution in [3.8, 4) is 0 Å². The van der Waals surface area contributed by atoms with Gasteiger partial charge in [0.25, 0.3) is 0 Å². The van der Waals surface area contributed by atoms with Crippen LogP contribution in [0, 0.1) is 6.92 Å². The summed E-state index contributed by atoms with van der Waals surface area (Å²) in [4.78, 5) is 25.5. The van der Waals surface area contributed by atoms with E-state index in [2.05, 4.69) is 0 Å². The zero-order chi connectivity index (χ0) is 10.8. The molecule has 2 nitrogen and oxygen atoms in total. The summed E-state index contributed by atoms with van der Waals surface area (Å²) in [5, 5.41) is 1.79. The van der Waals surface area contributed by atoms with Crippen molar-refractivity contribution < 1.29 is 9.59 Å². The van der Waals surface area contributed by atoms with Crippen LogP contribution in [0.2, 0.25) is 0 Å². The maximum atomic E-state index is 11.7. The molecule has 2 rings (SSSR count). The van der Waals surface area contributed by atoms with Gasteiger partial charge in [-0.05, 0) is 30.5 Å². The van der Waals surface area contributed by atoms with Crippen molar-refractivity contribution in [3.05, 3.63) is 44.3 Å². The van der Waals surface area contributed by atoms with Crippen LogP contribution < -0.4 is 0 Å². The van der Waals surface area contributed by atoms with Crippen LogP contribution in [0.5, 0.6) is 0 Å². The van der Waals surface area contributed by atoms with Crippen LogP contribution in [0.4, 0.5) is 0 Å². The van der Waals surface area contributed by atoms with E-state index in [4.69, 9.17) is 0 Å². The molecule has 0 saturated heterocycles. The van der Waals surface area contributed by atoms with Gasteiger partial charge >= 0.3 is 0 Å². The van der Waals surface area contributed by atoms with Crippen LogP contribution in [-0.4, -0.2) is 11.6 Å². The molecule has 2 heterocycles. The van der Waals surface area contributed by atoms with Crippen molar-refractivity contribution in [1.29, 1.82) is 0 Å². The van der Waals surface area contributed by atoms with Gasteiger partial charge in [-0.2, -0.15) is 0 Å². The summed E-state index contributed by atoms with van der Waals surface area (Å²) in [6, 6.07) is 6.99. The lowest BCUT2D eigenvalue weighted by molar-refractivity contribution is 0.0821. The third-order valence-electron chi connectivity index (χ3n) is 1.92. The minimum Gasteiger partial charge on any atom is -0.284 e. The van der Waals surface area contributed by atoms with E-state index in [9.17, 15) is 9.59 Å². The first-order valence-corrected chi connectivity index (χ1v) is 6.07. The normalized spacial score (nSPS) is 10.2. The van der Waals surface area contributed by atoms with E-state index in [0.717, 1.165) is 4.88 Å². The van der Waals surface area contributed by atoms with Gasteiger partial charge in [0.05, 0.1) is 9.75 Å². The van der Waals surface area contributed by atoms with E-state index in [0.29, 0.717) is 9.75 Å². The molecule has 0 bridgehead atoms. The minimum atomic E-state index is -0.410. The first-order chi connectivity index (χ1) is 7.18. The Bertz CT molecular complexity index is 494. The predicted molar refractivity (Wildman–Crippen MR) is 62.0 cm³/mol. The molecule has 0 amide bonds. The largest absolute Gasteiger partial charge is 0.284 e. The molecular formula is C11H8O2S2. The SMILES string of the molecule is Cc1ccc(C(=O)C(=O)c2cccs2)s1. The van der Waals surface area contributed by atoms with Crippen LogP contribution in [0.25, 0.3) is 0 Å². The van der Waals surface area contributed by atoms with E-state index in [1.165, 1.54) is 22.7 Å². The van der Waals surface area contributed by atoms with Crippen molar-refractivity contribution >= 4 is 34.2 Å². The highest BCUT2D eigenvalue weighted by Gasteiger charge is 2.20. The molecule has 0 unspecified atom stereocenters. The third kappa shape index (κ3) is 2.06. The Kier molecular flexibility index (Phi) is 2.79. The van der Waals surface area contributed by atoms with Crippen LogP contribution in [0.15, 0.2) is 29.6 Å². The quantitative estimate of drug-likeness (QED) is 0.606. The Morgan fingerprint density at radius 2 is 1.80 bits per heavy atom. The molecule has 0 saturated carbocycles. The monoisotopic (exact) mass is 236 g/mol. The zero-order valence-corrected chi connectivity index (χ0v) is 9.65. The fraction of sp³-hybridized carbons (Fsp3) is 0.0909. The summed E-state index contributed by atoms with van der Waals surface area (Å²) >= 11 is 2.65. The van der Waals surface area contributed by atoms with E-state index >= 15 is 0 Å². The smallest absolute Gasteiger partial charge is 0.244 e. The number of carbonyl (C=O) groups is 2. The minimum absolute atomic E-state index is 0.407. The number of rotatable bonds is 3. The topological polar surface area (TPSA) is 34.1 Å². The molecule has 0 spiro atoms. The first-order valence-electron chi connectivity index (χ1n) is 4.37. The molecule has 0 aliphatic rings. The predicted octanol–water partition coefficient (Wildman–Crippen LogP) is 3.18. The Morgan fingerprint density at radius 3 is 2.33 bits per heavy atom. The molecule has 0 aliphatic carbocycles. The van der Waals surface area contributed by atoms with Crippen molar-refractivity contribution in [2.75, 3.05) is 0 Å². The van der Waals surface area contributed by atoms with Crippen molar-refractivity contribution in [3.63, 3.8) is 0 Å². The van der Waals surface area contributed by atoms with Crippen LogP contribution in [-0.2, 0) is 0 Å². The first kappa shape index (κ1) is 10.3. The number of hydrogen-bond acceptors (Lipinski definition) is 4. The van der Waals surface area contributed by atoms with Gasteiger partial charge in [0.15, 0.2) is 0 Å². The number of aryl methyl sites for hydroxylation is 1. The van der Waals surface area contributed by atoms with Crippen molar-refractivity contribution in [2.45, 2.75) is 6.92 Å². The fourth-order valence-corrected chi connectivity index (χ4v) is 2.65. The Labute approximate surface area is 95.2 Å². The second-order valence-corrected chi connectivity index (χ2v) is 5.28. The molecule has 2 aromatic rings. The number of carbonyl (C=O) groups excluding carboxylic acids is 2. The number of Topliss-reactive ketones (excluding diaryl/α,β-unsaturated/α-hetero) is 2. The second-order valence-electron chi connectivity index (χ2n) is 3.05. The zero-order valence-electron chi connectivity index (χ0n) is 8.02. The molecule has 76 valence electrons. The van der Waals surface area contributed by atoms with Gasteiger partial charge in [0, 0.05) is 4.88 Å². The molecule has 0 N–H and O–H groups in total. The highest BCUT2D eigenvalue weighted by atomic mass is 32.1. The van der Waals surface area contributed by atoms with Gasteiger partial charge < -0.3 is 0 Å². The summed E-state index contributed by atoms with van der Waals surface area (Å²) in [5.41, 5.74) is 0. The van der Waals surface area contributed by atoms with E-state index in [1.54, 1.807) is 23.6 Å². The van der Waals surface area contributed by atoms with Gasteiger partial charge in [0.1, 0.15) is 0 Å². The molecule has 0 radical (unpaired) electrons. The molecule has 15 heavy (non-hydrogen) atoms. The van der Waals surface area contributed by atoms with Crippen LogP contribution in [0.1, 0.15) is 24.2 Å². The average Bonchev–Trinajstić information content (AvgIpc) is 2.85. The lowest BCUT2D eigenvalue weighted by atomic mass is 10.2. The fourth-order valence-electron chi connectivity index (χ4n) is 1.19. The maximum Gasteiger partial charge on any atom is 0.244 e. The van der Waals surface area contributed by atoms with Gasteiger partial charge in [-0.15, -0.1) is 22.7 Å². The third-order valence-corrected chi connectivity index (χ3v) is 3.78. The summed E-state index contributed by atoms with van der Waals surface area (Å²) < 4.78 is 0. The average molecular weight is 236 g/mol. The van der Waals surface area contributed by atoms with Gasteiger partial charge in [-0.3, -0.25) is 9.59 Å². The van der Waals surface area contributed by atoms with Gasteiger partial charge in [-0.1, -0.05) is 6.07 Å². The Hall–Kier alpha value is -1.26. The molecule has 2 aromatic heterocycles. The Morgan fingerprint density at radius 1 is 1.07 bits per heavy atom. The standard InChI is InChI=1S/C11H8O2S2/c1-7-4-5-9(15-7)11(13)10(12)8-3-2-6-14-8/h2-6H,1H3. The van der Waals surface area contributed by atoms with E-state index in [1.807, 2.05) is 13.0 Å². The summed E-state index contributed by atoms with van der Waals surface area (Å²) in [7, 11) is 0. The van der Waals surface area contributed by atoms with Crippen molar-refractivity contribution in [1.82, 2.24) is 0 Å². The molecule has 0 atom stereocenters. The highest BCUT2D eigenvalue weighted by molar-refractivity contribution is 7.16. The highest BCUT2D eigenvalue weighted by Crippen LogP contribution is 2.19. The van der Waals surface area contributed by atoms with Gasteiger partial charge in [-0.25, -0.2) is 0 Å². The molecule has 0 aliphatic heterocycles. The summed E-state index contributed by atoms with van der Waals surface area (Å²) in [6.07, 6.45) is 0. The van der Waals surface area contributed by atoms with Gasteiger partial charge in [0.2, 0.25) is 11.6 Å². The lowest BCUT2D eigenvalue weighted by Gasteiger charge is -1.93. The molecule has 0 aromatic carbocycles. The van der Waals surface area contributed by atoms with Crippen LogP contribution >= 0.6 is 22.7 Å². The maximum absolute atomic E-state index is 11.7. The Balaban J connectivity index is 2.26. The van der Waals surface area contributed by atoms with E-state index in [-0.39, 0.29) is 0 Å². The summed E-state index contributed by atoms with van der Waals surface area (Å²) in [6.45, 7) is 1.91. The molecule has 4 heteroatoms. The lowest BCUT2D eigenvalue weighted by Crippen LogP contribution is -2.11. The van der Waals surface area contributed by atoms with Crippen molar-refractivity contribution in [2.24, 2.45) is 0 Å². The van der Waals surface area contributed by atoms with Crippen LogP contribution in [0.3, 0.4) is 0 Å². The molecule has 0 fully saturated rings. The summed E-state index contributed by atoms with van der Waals surface area (Å²) in [5.74, 6) is -0.817. The number of thiophene rings is 2. The molecular weight excluding hydrogens is 228 g/mol. The number of ketones is 2.